The van der Waals surface area contributed by atoms with E-state index < -0.39 is 10.0 Å². The summed E-state index contributed by atoms with van der Waals surface area (Å²) in [6.45, 7) is 2.93. The molecule has 7 heteroatoms. The highest BCUT2D eigenvalue weighted by Crippen LogP contribution is 2.28. The van der Waals surface area contributed by atoms with Crippen LogP contribution in [0.1, 0.15) is 42.1 Å². The third-order valence-electron chi connectivity index (χ3n) is 4.96. The second-order valence-corrected chi connectivity index (χ2v) is 9.47. The van der Waals surface area contributed by atoms with Gasteiger partial charge in [0.1, 0.15) is 4.90 Å². The van der Waals surface area contributed by atoms with Crippen LogP contribution in [0.15, 0.2) is 53.4 Å². The van der Waals surface area contributed by atoms with Crippen LogP contribution >= 0.6 is 11.6 Å². The maximum absolute atomic E-state index is 12.8. The van der Waals surface area contributed by atoms with Crippen LogP contribution in [0.25, 0.3) is 0 Å². The number of rotatable bonds is 7. The molecule has 5 nitrogen and oxygen atoms in total. The van der Waals surface area contributed by atoms with Crippen molar-refractivity contribution in [2.45, 2.75) is 43.5 Å². The summed E-state index contributed by atoms with van der Waals surface area (Å²) in [6, 6.07) is 14.5. The van der Waals surface area contributed by atoms with Gasteiger partial charge in [-0.1, -0.05) is 41.9 Å². The molecule has 0 aromatic heterocycles. The zero-order valence-corrected chi connectivity index (χ0v) is 17.5. The number of halogens is 1. The van der Waals surface area contributed by atoms with Crippen molar-refractivity contribution in [1.29, 1.82) is 0 Å². The van der Waals surface area contributed by atoms with Crippen LogP contribution in [-0.4, -0.2) is 37.8 Å². The molecule has 1 aliphatic heterocycles. The molecule has 1 fully saturated rings. The monoisotopic (exact) mass is 420 g/mol. The summed E-state index contributed by atoms with van der Waals surface area (Å²) in [5.41, 5.74) is 1.52. The first-order valence-electron chi connectivity index (χ1n) is 9.52. The van der Waals surface area contributed by atoms with Gasteiger partial charge in [0.15, 0.2) is 0 Å². The van der Waals surface area contributed by atoms with E-state index in [9.17, 15) is 13.2 Å². The maximum Gasteiger partial charge on any atom is 0.251 e. The second-order valence-electron chi connectivity index (χ2n) is 7.16. The molecule has 3 rings (SSSR count). The van der Waals surface area contributed by atoms with Gasteiger partial charge in [-0.25, -0.2) is 8.42 Å². The lowest BCUT2D eigenvalue weighted by Crippen LogP contribution is -2.33. The minimum absolute atomic E-state index is 0.000607. The van der Waals surface area contributed by atoms with Gasteiger partial charge in [0.25, 0.3) is 5.91 Å². The number of amides is 1. The standard InChI is InChI=1S/C21H25ClN2O3S/c1-16(9-10-17-7-3-2-4-8-17)23-21(25)18-11-12-19(22)20(15-18)28(26,27)24-13-5-6-14-24/h2-4,7-8,11-12,15-16H,5-6,9-10,13-14H2,1H3,(H,23,25). The van der Waals surface area contributed by atoms with Crippen LogP contribution in [0.4, 0.5) is 0 Å². The van der Waals surface area contributed by atoms with Gasteiger partial charge >= 0.3 is 0 Å². The Morgan fingerprint density at radius 2 is 1.82 bits per heavy atom. The average Bonchev–Trinajstić information content (AvgIpc) is 3.23. The van der Waals surface area contributed by atoms with Crippen LogP contribution in [0.2, 0.25) is 5.02 Å². The molecule has 0 saturated carbocycles. The van der Waals surface area contributed by atoms with Gasteiger partial charge in [0.2, 0.25) is 10.0 Å². The molecule has 0 spiro atoms. The van der Waals surface area contributed by atoms with Crippen molar-refractivity contribution in [3.63, 3.8) is 0 Å². The molecule has 1 atom stereocenters. The van der Waals surface area contributed by atoms with Crippen molar-refractivity contribution in [3.8, 4) is 0 Å². The summed E-state index contributed by atoms with van der Waals surface area (Å²) in [5, 5.41) is 3.08. The first kappa shape index (κ1) is 20.8. The molecule has 1 N–H and O–H groups in total. The molecule has 1 aliphatic rings. The number of carbonyl (C=O) groups is 1. The lowest BCUT2D eigenvalue weighted by Gasteiger charge is -2.18. The number of hydrogen-bond donors (Lipinski definition) is 1. The summed E-state index contributed by atoms with van der Waals surface area (Å²) < 4.78 is 27.1. The molecular formula is C21H25ClN2O3S. The van der Waals surface area contributed by atoms with Crippen molar-refractivity contribution in [2.24, 2.45) is 0 Å². The van der Waals surface area contributed by atoms with Crippen molar-refractivity contribution in [2.75, 3.05) is 13.1 Å². The number of carbonyl (C=O) groups excluding carboxylic acids is 1. The molecule has 0 radical (unpaired) electrons. The SMILES string of the molecule is CC(CCc1ccccc1)NC(=O)c1ccc(Cl)c(S(=O)(=O)N2CCCC2)c1. The molecule has 2 aromatic carbocycles. The smallest absolute Gasteiger partial charge is 0.251 e. The van der Waals surface area contributed by atoms with Gasteiger partial charge < -0.3 is 5.32 Å². The number of benzene rings is 2. The Balaban J connectivity index is 1.68. The van der Waals surface area contributed by atoms with E-state index in [4.69, 9.17) is 11.6 Å². The Bertz CT molecular complexity index is 926. The Labute approximate surface area is 171 Å². The highest BCUT2D eigenvalue weighted by Gasteiger charge is 2.29. The Kier molecular flexibility index (Phi) is 6.75. The van der Waals surface area contributed by atoms with E-state index in [-0.39, 0.29) is 21.9 Å². The first-order valence-corrected chi connectivity index (χ1v) is 11.3. The highest BCUT2D eigenvalue weighted by atomic mass is 35.5. The number of hydrogen-bond acceptors (Lipinski definition) is 3. The van der Waals surface area contributed by atoms with E-state index >= 15 is 0 Å². The van der Waals surface area contributed by atoms with E-state index in [1.165, 1.54) is 22.0 Å². The number of nitrogens with one attached hydrogen (secondary N) is 1. The molecule has 1 saturated heterocycles. The fraction of sp³-hybridized carbons (Fsp3) is 0.381. The Morgan fingerprint density at radius 3 is 2.50 bits per heavy atom. The molecule has 150 valence electrons. The molecular weight excluding hydrogens is 396 g/mol. The molecule has 1 amide bonds. The maximum atomic E-state index is 12.8. The average molecular weight is 421 g/mol. The summed E-state index contributed by atoms with van der Waals surface area (Å²) in [4.78, 5) is 12.6. The predicted molar refractivity (Wildman–Crippen MR) is 111 cm³/mol. The van der Waals surface area contributed by atoms with E-state index in [0.717, 1.165) is 25.7 Å². The summed E-state index contributed by atoms with van der Waals surface area (Å²) in [7, 11) is -3.68. The van der Waals surface area contributed by atoms with Gasteiger partial charge in [-0.05, 0) is 56.4 Å². The minimum Gasteiger partial charge on any atom is -0.350 e. The third kappa shape index (κ3) is 4.93. The van der Waals surface area contributed by atoms with Crippen molar-refractivity contribution in [1.82, 2.24) is 9.62 Å². The van der Waals surface area contributed by atoms with Crippen molar-refractivity contribution < 1.29 is 13.2 Å². The summed E-state index contributed by atoms with van der Waals surface area (Å²) in [5.74, 6) is -0.296. The highest BCUT2D eigenvalue weighted by molar-refractivity contribution is 7.89. The summed E-state index contributed by atoms with van der Waals surface area (Å²) >= 11 is 6.15. The van der Waals surface area contributed by atoms with E-state index in [2.05, 4.69) is 17.4 Å². The number of nitrogens with zero attached hydrogens (tertiary/aromatic N) is 1. The number of aryl methyl sites for hydroxylation is 1. The lowest BCUT2D eigenvalue weighted by atomic mass is 10.1. The van der Waals surface area contributed by atoms with Gasteiger partial charge in [0, 0.05) is 24.7 Å². The second kappa shape index (κ2) is 9.07. The van der Waals surface area contributed by atoms with Gasteiger partial charge in [-0.3, -0.25) is 4.79 Å². The van der Waals surface area contributed by atoms with Gasteiger partial charge in [-0.15, -0.1) is 0 Å². The fourth-order valence-electron chi connectivity index (χ4n) is 3.32. The largest absolute Gasteiger partial charge is 0.350 e. The van der Waals surface area contributed by atoms with Crippen LogP contribution in [0.3, 0.4) is 0 Å². The third-order valence-corrected chi connectivity index (χ3v) is 7.34. The van der Waals surface area contributed by atoms with Crippen LogP contribution in [0.5, 0.6) is 0 Å². The quantitative estimate of drug-likeness (QED) is 0.739. The Hall–Kier alpha value is -1.89. The van der Waals surface area contributed by atoms with Crippen molar-refractivity contribution in [3.05, 3.63) is 64.7 Å². The number of sulfonamides is 1. The molecule has 1 unspecified atom stereocenters. The Morgan fingerprint density at radius 1 is 1.14 bits per heavy atom. The molecule has 2 aromatic rings. The zero-order chi connectivity index (χ0) is 20.1. The van der Waals surface area contributed by atoms with Crippen LogP contribution < -0.4 is 5.32 Å². The minimum atomic E-state index is -3.68. The first-order chi connectivity index (χ1) is 13.4. The normalized spacial score (nSPS) is 16.1. The van der Waals surface area contributed by atoms with E-state index in [0.29, 0.717) is 18.7 Å². The molecule has 0 bridgehead atoms. The van der Waals surface area contributed by atoms with Crippen molar-refractivity contribution >= 4 is 27.5 Å². The molecule has 1 heterocycles. The summed E-state index contributed by atoms with van der Waals surface area (Å²) in [6.07, 6.45) is 3.34. The fourth-order valence-corrected chi connectivity index (χ4v) is 5.33. The van der Waals surface area contributed by atoms with Crippen LogP contribution in [-0.2, 0) is 16.4 Å². The molecule has 28 heavy (non-hydrogen) atoms. The van der Waals surface area contributed by atoms with Gasteiger partial charge in [0.05, 0.1) is 5.02 Å². The lowest BCUT2D eigenvalue weighted by molar-refractivity contribution is 0.0938. The van der Waals surface area contributed by atoms with Gasteiger partial charge in [-0.2, -0.15) is 4.31 Å². The zero-order valence-electron chi connectivity index (χ0n) is 15.9. The van der Waals surface area contributed by atoms with E-state index in [1.54, 1.807) is 6.07 Å². The van der Waals surface area contributed by atoms with Crippen LogP contribution in [0, 0.1) is 0 Å². The molecule has 0 aliphatic carbocycles. The topological polar surface area (TPSA) is 66.5 Å². The predicted octanol–water partition coefficient (Wildman–Crippen LogP) is 3.88. The van der Waals surface area contributed by atoms with E-state index in [1.807, 2.05) is 25.1 Å².